The highest BCUT2D eigenvalue weighted by atomic mass is 35.5. The Balaban J connectivity index is 2.45. The third-order valence-corrected chi connectivity index (χ3v) is 3.79. The highest BCUT2D eigenvalue weighted by Crippen LogP contribution is 2.38. The minimum absolute atomic E-state index is 0.0766. The molecule has 0 aliphatic carbocycles. The maximum atomic E-state index is 14.9. The summed E-state index contributed by atoms with van der Waals surface area (Å²) >= 11 is 5.84. The van der Waals surface area contributed by atoms with Gasteiger partial charge in [0.05, 0.1) is 11.3 Å². The van der Waals surface area contributed by atoms with E-state index in [1.54, 1.807) is 42.5 Å². The average molecular weight is 316 g/mol. The topological polar surface area (TPSA) is 63.3 Å². The Kier molecular flexibility index (Phi) is 3.47. The van der Waals surface area contributed by atoms with Crippen LogP contribution in [0.1, 0.15) is 10.4 Å². The number of carbonyl (C=O) groups is 1. The smallest absolute Gasteiger partial charge is 0.338 e. The fraction of sp³-hybridized carbons (Fsp3) is 0. The van der Waals surface area contributed by atoms with E-state index < -0.39 is 11.8 Å². The van der Waals surface area contributed by atoms with Gasteiger partial charge in [-0.15, -0.1) is 0 Å². The van der Waals surface area contributed by atoms with Crippen molar-refractivity contribution in [3.8, 4) is 11.1 Å². The number of carboxylic acid groups (broad SMARTS) is 1. The maximum Gasteiger partial charge on any atom is 0.338 e. The number of hydrogen-bond donors (Lipinski definition) is 2. The summed E-state index contributed by atoms with van der Waals surface area (Å²) in [5, 5.41) is 10.4. The van der Waals surface area contributed by atoms with Crippen LogP contribution in [0.5, 0.6) is 0 Å². The van der Waals surface area contributed by atoms with Crippen LogP contribution in [0.15, 0.2) is 48.5 Å². The molecule has 0 fully saturated rings. The second kappa shape index (κ2) is 5.31. The molecule has 3 N–H and O–H groups in total. The Hall–Kier alpha value is -2.59. The van der Waals surface area contributed by atoms with Gasteiger partial charge >= 0.3 is 5.97 Å². The zero-order valence-electron chi connectivity index (χ0n) is 11.3. The Labute approximate surface area is 130 Å². The number of anilines is 1. The summed E-state index contributed by atoms with van der Waals surface area (Å²) in [5.74, 6) is -1.73. The van der Waals surface area contributed by atoms with Gasteiger partial charge in [0.1, 0.15) is 5.82 Å². The molecule has 0 spiro atoms. The number of hydrogen-bond acceptors (Lipinski definition) is 2. The van der Waals surface area contributed by atoms with Crippen molar-refractivity contribution in [3.05, 3.63) is 64.9 Å². The zero-order valence-corrected chi connectivity index (χ0v) is 12.1. The number of aromatic carboxylic acids is 1. The Morgan fingerprint density at radius 3 is 2.23 bits per heavy atom. The first kappa shape index (κ1) is 14.4. The molecule has 0 atom stereocenters. The number of rotatable bonds is 2. The van der Waals surface area contributed by atoms with Crippen LogP contribution >= 0.6 is 11.6 Å². The van der Waals surface area contributed by atoms with E-state index in [0.29, 0.717) is 10.6 Å². The molecule has 0 aliphatic heterocycles. The van der Waals surface area contributed by atoms with Crippen molar-refractivity contribution in [3.63, 3.8) is 0 Å². The molecule has 0 radical (unpaired) electrons. The molecule has 22 heavy (non-hydrogen) atoms. The predicted octanol–water partition coefficient (Wildman–Crippen LogP) is 4.58. The fourth-order valence-corrected chi connectivity index (χ4v) is 2.67. The molecule has 3 nitrogen and oxygen atoms in total. The van der Waals surface area contributed by atoms with Gasteiger partial charge in [0.15, 0.2) is 0 Å². The van der Waals surface area contributed by atoms with E-state index in [0.717, 1.165) is 0 Å². The van der Waals surface area contributed by atoms with Crippen LogP contribution < -0.4 is 5.73 Å². The molecule has 3 rings (SSSR count). The van der Waals surface area contributed by atoms with Gasteiger partial charge in [0.2, 0.25) is 0 Å². The van der Waals surface area contributed by atoms with E-state index >= 15 is 0 Å². The van der Waals surface area contributed by atoms with Crippen molar-refractivity contribution in [1.29, 1.82) is 0 Å². The molecule has 5 heteroatoms. The van der Waals surface area contributed by atoms with Crippen molar-refractivity contribution < 1.29 is 14.3 Å². The normalized spacial score (nSPS) is 10.8. The summed E-state index contributed by atoms with van der Waals surface area (Å²) < 4.78 is 14.9. The van der Waals surface area contributed by atoms with Crippen LogP contribution in [-0.2, 0) is 0 Å². The lowest BCUT2D eigenvalue weighted by Crippen LogP contribution is -2.07. The lowest BCUT2D eigenvalue weighted by molar-refractivity contribution is 0.0700. The lowest BCUT2D eigenvalue weighted by atomic mass is 9.93. The molecular formula is C17H11ClFNO2. The monoisotopic (exact) mass is 315 g/mol. The van der Waals surface area contributed by atoms with E-state index in [4.69, 9.17) is 17.3 Å². The van der Waals surface area contributed by atoms with Gasteiger partial charge in [-0.2, -0.15) is 0 Å². The predicted molar refractivity (Wildman–Crippen MR) is 85.7 cm³/mol. The van der Waals surface area contributed by atoms with Crippen LogP contribution in [0.3, 0.4) is 0 Å². The third-order valence-electron chi connectivity index (χ3n) is 3.54. The standard InChI is InChI=1S/C17H11ClFNO2/c18-10-7-5-9(6-8-10)13-15(19)12-4-2-1-3-11(12)14(16(13)20)17(21)22/h1-8H,20H2,(H,21,22). The molecule has 0 saturated heterocycles. The number of fused-ring (bicyclic) bond motifs is 1. The molecule has 0 heterocycles. The van der Waals surface area contributed by atoms with Crippen LogP contribution in [0.25, 0.3) is 21.9 Å². The largest absolute Gasteiger partial charge is 0.478 e. The van der Waals surface area contributed by atoms with Crippen LogP contribution in [0.2, 0.25) is 5.02 Å². The molecular weight excluding hydrogens is 305 g/mol. The molecule has 0 bridgehead atoms. The van der Waals surface area contributed by atoms with Gasteiger partial charge in [-0.05, 0) is 17.7 Å². The summed E-state index contributed by atoms with van der Waals surface area (Å²) in [6.45, 7) is 0. The molecule has 3 aromatic rings. The molecule has 3 aromatic carbocycles. The third kappa shape index (κ3) is 2.18. The van der Waals surface area contributed by atoms with Gasteiger partial charge < -0.3 is 10.8 Å². The maximum absolute atomic E-state index is 14.9. The summed E-state index contributed by atoms with van der Waals surface area (Å²) in [5.41, 5.74) is 6.34. The first-order chi connectivity index (χ1) is 10.5. The van der Waals surface area contributed by atoms with E-state index in [-0.39, 0.29) is 27.6 Å². The van der Waals surface area contributed by atoms with Crippen molar-refractivity contribution in [2.24, 2.45) is 0 Å². The van der Waals surface area contributed by atoms with E-state index in [9.17, 15) is 14.3 Å². The van der Waals surface area contributed by atoms with Crippen LogP contribution in [0.4, 0.5) is 10.1 Å². The van der Waals surface area contributed by atoms with Gasteiger partial charge in [-0.1, -0.05) is 48.0 Å². The first-order valence-electron chi connectivity index (χ1n) is 6.49. The van der Waals surface area contributed by atoms with Crippen molar-refractivity contribution in [2.75, 3.05) is 5.73 Å². The number of carboxylic acids is 1. The SMILES string of the molecule is Nc1c(-c2ccc(Cl)cc2)c(F)c2ccccc2c1C(=O)O. The van der Waals surface area contributed by atoms with Gasteiger partial charge in [0, 0.05) is 21.4 Å². The summed E-state index contributed by atoms with van der Waals surface area (Å²) in [4.78, 5) is 11.6. The second-order valence-corrected chi connectivity index (χ2v) is 5.27. The van der Waals surface area contributed by atoms with Crippen LogP contribution in [-0.4, -0.2) is 11.1 Å². The van der Waals surface area contributed by atoms with Crippen molar-refractivity contribution in [2.45, 2.75) is 0 Å². The minimum Gasteiger partial charge on any atom is -0.478 e. The molecule has 110 valence electrons. The Morgan fingerprint density at radius 1 is 1.05 bits per heavy atom. The van der Waals surface area contributed by atoms with E-state index in [1.807, 2.05) is 0 Å². The lowest BCUT2D eigenvalue weighted by Gasteiger charge is -2.14. The zero-order chi connectivity index (χ0) is 15.9. The number of benzene rings is 3. The first-order valence-corrected chi connectivity index (χ1v) is 6.87. The highest BCUT2D eigenvalue weighted by Gasteiger charge is 2.22. The molecule has 0 aliphatic rings. The second-order valence-electron chi connectivity index (χ2n) is 4.84. The average Bonchev–Trinajstić information content (AvgIpc) is 2.49. The van der Waals surface area contributed by atoms with Gasteiger partial charge in [0.25, 0.3) is 0 Å². The minimum atomic E-state index is -1.19. The number of nitrogen functional groups attached to an aromatic ring is 1. The fourth-order valence-electron chi connectivity index (χ4n) is 2.54. The van der Waals surface area contributed by atoms with E-state index in [1.165, 1.54) is 6.07 Å². The summed E-state index contributed by atoms with van der Waals surface area (Å²) in [6.07, 6.45) is 0. The van der Waals surface area contributed by atoms with Gasteiger partial charge in [-0.25, -0.2) is 9.18 Å². The van der Waals surface area contributed by atoms with Crippen molar-refractivity contribution in [1.82, 2.24) is 0 Å². The quantitative estimate of drug-likeness (QED) is 0.680. The molecule has 0 amide bonds. The Bertz CT molecular complexity index is 891. The Morgan fingerprint density at radius 2 is 1.64 bits per heavy atom. The molecule has 0 aromatic heterocycles. The highest BCUT2D eigenvalue weighted by molar-refractivity contribution is 6.30. The number of halogens is 2. The van der Waals surface area contributed by atoms with Crippen LogP contribution in [0, 0.1) is 5.82 Å². The van der Waals surface area contributed by atoms with Crippen molar-refractivity contribution >= 4 is 34.0 Å². The van der Waals surface area contributed by atoms with E-state index in [2.05, 4.69) is 0 Å². The molecule has 0 unspecified atom stereocenters. The number of nitrogens with two attached hydrogens (primary N) is 1. The van der Waals surface area contributed by atoms with Gasteiger partial charge in [-0.3, -0.25) is 0 Å². The molecule has 0 saturated carbocycles. The summed E-state index contributed by atoms with van der Waals surface area (Å²) in [6, 6.07) is 12.8. The summed E-state index contributed by atoms with van der Waals surface area (Å²) in [7, 11) is 0.